The zero-order chi connectivity index (χ0) is 20.5. The molecule has 0 aliphatic rings. The fraction of sp³-hybridized carbons (Fsp3) is 0.421. The van der Waals surface area contributed by atoms with Crippen molar-refractivity contribution in [2.75, 3.05) is 6.61 Å². The zero-order valence-electron chi connectivity index (χ0n) is 15.9. The van der Waals surface area contributed by atoms with Gasteiger partial charge in [-0.3, -0.25) is 0 Å². The van der Waals surface area contributed by atoms with E-state index in [1.54, 1.807) is 61.9 Å². The van der Waals surface area contributed by atoms with Crippen LogP contribution in [-0.4, -0.2) is 37.9 Å². The molecule has 0 saturated carbocycles. The first kappa shape index (κ1) is 20.1. The van der Waals surface area contributed by atoms with Crippen molar-refractivity contribution in [3.8, 4) is 17.1 Å². The van der Waals surface area contributed by atoms with E-state index in [9.17, 15) is 13.2 Å². The highest BCUT2D eigenvalue weighted by atomic mass is 19.4. The van der Waals surface area contributed by atoms with Gasteiger partial charge in [-0.15, -0.1) is 0 Å². The zero-order valence-corrected chi connectivity index (χ0v) is 15.9. The number of aryl methyl sites for hydroxylation is 1. The molecule has 0 radical (unpaired) electrons. The third-order valence-corrected chi connectivity index (χ3v) is 4.41. The Kier molecular flexibility index (Phi) is 5.29. The molecule has 3 rings (SSSR count). The summed E-state index contributed by atoms with van der Waals surface area (Å²) in [6.45, 7) is 4.39. The Balaban J connectivity index is 1.84. The molecule has 3 heterocycles. The molecule has 2 N–H and O–H groups in total. The van der Waals surface area contributed by atoms with Crippen molar-refractivity contribution >= 4 is 5.65 Å². The van der Waals surface area contributed by atoms with Gasteiger partial charge in [0.1, 0.15) is 17.9 Å². The molecular weight excluding hydrogens is 371 g/mol. The fourth-order valence-electron chi connectivity index (χ4n) is 3.06. The maximum absolute atomic E-state index is 13.4. The van der Waals surface area contributed by atoms with E-state index in [1.807, 2.05) is 0 Å². The number of fused-ring (bicyclic) bond motifs is 1. The number of halogens is 3. The van der Waals surface area contributed by atoms with Gasteiger partial charge in [-0.05, 0) is 37.5 Å². The summed E-state index contributed by atoms with van der Waals surface area (Å²) < 4.78 is 47.4. The topological polar surface area (TPSA) is 78.3 Å². The second-order valence-electron chi connectivity index (χ2n) is 7.25. The maximum Gasteiger partial charge on any atom is 0.409 e. The van der Waals surface area contributed by atoms with Gasteiger partial charge in [0.2, 0.25) is 0 Å². The minimum absolute atomic E-state index is 0.222. The van der Waals surface area contributed by atoms with Crippen LogP contribution in [0.5, 0.6) is 5.75 Å². The molecule has 0 aromatic carbocycles. The lowest BCUT2D eigenvalue weighted by atomic mass is 9.90. The van der Waals surface area contributed by atoms with Crippen LogP contribution in [0.4, 0.5) is 13.2 Å². The quantitative estimate of drug-likeness (QED) is 0.690. The minimum Gasteiger partial charge on any atom is -0.489 e. The summed E-state index contributed by atoms with van der Waals surface area (Å²) in [5.74, 6) is 0.0392. The van der Waals surface area contributed by atoms with Crippen molar-refractivity contribution in [1.29, 1.82) is 0 Å². The largest absolute Gasteiger partial charge is 0.489 e. The predicted molar refractivity (Wildman–Crippen MR) is 98.9 cm³/mol. The van der Waals surface area contributed by atoms with E-state index >= 15 is 0 Å². The van der Waals surface area contributed by atoms with Gasteiger partial charge in [-0.25, -0.2) is 14.5 Å². The second kappa shape index (κ2) is 7.38. The van der Waals surface area contributed by atoms with E-state index in [0.717, 1.165) is 0 Å². The number of nitrogens with two attached hydrogens (primary N) is 1. The standard InChI is InChI=1S/C19H22F3N5O/c1-12(2)10-18(23,19(20,21)22)11-28-16-5-4-14(26-13(16)3)15-6-8-24-17-7-9-25-27(15)17/h4-9,12H,10-11,23H2,1-3H3. The highest BCUT2D eigenvalue weighted by molar-refractivity contribution is 5.59. The van der Waals surface area contributed by atoms with Crippen molar-refractivity contribution in [3.05, 3.63) is 42.4 Å². The van der Waals surface area contributed by atoms with E-state index in [2.05, 4.69) is 15.1 Å². The van der Waals surface area contributed by atoms with Gasteiger partial charge in [0.25, 0.3) is 0 Å². The lowest BCUT2D eigenvalue weighted by Crippen LogP contribution is -2.58. The number of nitrogens with zero attached hydrogens (tertiary/aromatic N) is 4. The Labute approximate surface area is 160 Å². The normalized spacial score (nSPS) is 14.4. The van der Waals surface area contributed by atoms with Crippen LogP contribution >= 0.6 is 0 Å². The molecule has 1 unspecified atom stereocenters. The lowest BCUT2D eigenvalue weighted by Gasteiger charge is -2.33. The number of aromatic nitrogens is 4. The molecule has 9 heteroatoms. The monoisotopic (exact) mass is 393 g/mol. The molecule has 150 valence electrons. The molecule has 0 bridgehead atoms. The Bertz CT molecular complexity index is 970. The predicted octanol–water partition coefficient (Wildman–Crippen LogP) is 3.78. The van der Waals surface area contributed by atoms with Crippen LogP contribution < -0.4 is 10.5 Å². The summed E-state index contributed by atoms with van der Waals surface area (Å²) in [4.78, 5) is 8.66. The molecule has 3 aromatic heterocycles. The molecule has 6 nitrogen and oxygen atoms in total. The SMILES string of the molecule is Cc1nc(-c2ccnc3ccnn23)ccc1OCC(N)(CC(C)C)C(F)(F)F. The van der Waals surface area contributed by atoms with Crippen molar-refractivity contribution in [1.82, 2.24) is 19.6 Å². The average molecular weight is 393 g/mol. The molecule has 0 fully saturated rings. The van der Waals surface area contributed by atoms with Crippen LogP contribution in [-0.2, 0) is 0 Å². The lowest BCUT2D eigenvalue weighted by molar-refractivity contribution is -0.197. The summed E-state index contributed by atoms with van der Waals surface area (Å²) in [6.07, 6.45) is -1.52. The van der Waals surface area contributed by atoms with E-state index in [1.165, 1.54) is 0 Å². The van der Waals surface area contributed by atoms with Crippen LogP contribution in [0.1, 0.15) is 26.0 Å². The maximum atomic E-state index is 13.4. The number of rotatable bonds is 6. The Morgan fingerprint density at radius 3 is 2.54 bits per heavy atom. The first-order valence-electron chi connectivity index (χ1n) is 8.86. The highest BCUT2D eigenvalue weighted by Gasteiger charge is 2.52. The van der Waals surface area contributed by atoms with E-state index in [-0.39, 0.29) is 18.1 Å². The summed E-state index contributed by atoms with van der Waals surface area (Å²) in [5.41, 5.74) is 5.70. The first-order chi connectivity index (χ1) is 13.1. The molecular formula is C19H22F3N5O. The van der Waals surface area contributed by atoms with Crippen molar-refractivity contribution in [2.45, 2.75) is 38.9 Å². The molecule has 0 aliphatic heterocycles. The Hall–Kier alpha value is -2.68. The molecule has 0 aliphatic carbocycles. The molecule has 0 amide bonds. The van der Waals surface area contributed by atoms with Crippen LogP contribution in [0.15, 0.2) is 36.7 Å². The van der Waals surface area contributed by atoms with E-state index < -0.39 is 18.3 Å². The van der Waals surface area contributed by atoms with Gasteiger partial charge in [0.05, 0.1) is 23.3 Å². The van der Waals surface area contributed by atoms with Crippen molar-refractivity contribution in [2.24, 2.45) is 11.7 Å². The van der Waals surface area contributed by atoms with Crippen LogP contribution in [0.2, 0.25) is 0 Å². The average Bonchev–Trinajstić information content (AvgIpc) is 3.07. The number of pyridine rings is 1. The summed E-state index contributed by atoms with van der Waals surface area (Å²) in [6, 6.07) is 6.80. The number of ether oxygens (including phenoxy) is 1. The smallest absolute Gasteiger partial charge is 0.409 e. The summed E-state index contributed by atoms with van der Waals surface area (Å²) >= 11 is 0. The van der Waals surface area contributed by atoms with Gasteiger partial charge in [0.15, 0.2) is 5.65 Å². The molecule has 3 aromatic rings. The number of alkyl halides is 3. The van der Waals surface area contributed by atoms with Crippen molar-refractivity contribution in [3.63, 3.8) is 0 Å². The van der Waals surface area contributed by atoms with Crippen molar-refractivity contribution < 1.29 is 17.9 Å². The first-order valence-corrected chi connectivity index (χ1v) is 8.86. The van der Waals surface area contributed by atoms with E-state index in [4.69, 9.17) is 10.5 Å². The third kappa shape index (κ3) is 3.94. The van der Waals surface area contributed by atoms with Crippen LogP contribution in [0, 0.1) is 12.8 Å². The highest BCUT2D eigenvalue weighted by Crippen LogP contribution is 2.34. The Morgan fingerprint density at radius 2 is 1.89 bits per heavy atom. The van der Waals surface area contributed by atoms with Crippen LogP contribution in [0.3, 0.4) is 0 Å². The molecule has 0 spiro atoms. The number of hydrogen-bond donors (Lipinski definition) is 1. The molecule has 28 heavy (non-hydrogen) atoms. The summed E-state index contributed by atoms with van der Waals surface area (Å²) in [5, 5.41) is 4.21. The van der Waals surface area contributed by atoms with Gasteiger partial charge in [-0.2, -0.15) is 18.3 Å². The second-order valence-corrected chi connectivity index (χ2v) is 7.25. The number of hydrogen-bond acceptors (Lipinski definition) is 5. The Morgan fingerprint density at radius 1 is 1.14 bits per heavy atom. The van der Waals surface area contributed by atoms with Crippen LogP contribution in [0.25, 0.3) is 17.0 Å². The van der Waals surface area contributed by atoms with Gasteiger partial charge >= 0.3 is 6.18 Å². The van der Waals surface area contributed by atoms with Gasteiger partial charge in [0, 0.05) is 12.3 Å². The van der Waals surface area contributed by atoms with Gasteiger partial charge in [-0.1, -0.05) is 13.8 Å². The van der Waals surface area contributed by atoms with Gasteiger partial charge < -0.3 is 10.5 Å². The third-order valence-electron chi connectivity index (χ3n) is 4.41. The van der Waals surface area contributed by atoms with E-state index in [0.29, 0.717) is 22.7 Å². The molecule has 1 atom stereocenters. The summed E-state index contributed by atoms with van der Waals surface area (Å²) in [7, 11) is 0. The molecule has 0 saturated heterocycles. The minimum atomic E-state index is -4.57. The fourth-order valence-corrected chi connectivity index (χ4v) is 3.06.